The maximum Gasteiger partial charge on any atom is 0.239 e. The highest BCUT2D eigenvalue weighted by molar-refractivity contribution is 5.93. The van der Waals surface area contributed by atoms with Crippen LogP contribution in [0.5, 0.6) is 0 Å². The molecule has 3 atom stereocenters. The summed E-state index contributed by atoms with van der Waals surface area (Å²) in [5.41, 5.74) is 1.13. The number of nitrogens with zero attached hydrogens (tertiary/aromatic N) is 4. The first-order valence-electron chi connectivity index (χ1n) is 10.9. The van der Waals surface area contributed by atoms with Crippen molar-refractivity contribution in [1.82, 2.24) is 14.7 Å². The van der Waals surface area contributed by atoms with E-state index in [0.29, 0.717) is 11.4 Å². The molecule has 1 saturated carbocycles. The SMILES string of the molecule is N#Cc1cnn(-c2ccccc2)c1NC(=O)CN1CCCC[C@@H]1[C@H]1CCCC[C@@H]1O. The predicted molar refractivity (Wildman–Crippen MR) is 114 cm³/mol. The second kappa shape index (κ2) is 9.41. The van der Waals surface area contributed by atoms with Gasteiger partial charge >= 0.3 is 0 Å². The van der Waals surface area contributed by atoms with Gasteiger partial charge in [-0.2, -0.15) is 10.4 Å². The summed E-state index contributed by atoms with van der Waals surface area (Å²) >= 11 is 0. The highest BCUT2D eigenvalue weighted by atomic mass is 16.3. The third-order valence-electron chi connectivity index (χ3n) is 6.43. The standard InChI is InChI=1S/C23H29N5O2/c24-14-17-15-25-28(18-8-2-1-3-9-18)23(17)26-22(30)16-27-13-7-6-11-20(27)19-10-4-5-12-21(19)29/h1-3,8-9,15,19-21,29H,4-7,10-13,16H2,(H,26,30)/t19-,20-,21+/m1/s1. The summed E-state index contributed by atoms with van der Waals surface area (Å²) in [7, 11) is 0. The summed E-state index contributed by atoms with van der Waals surface area (Å²) in [5.74, 6) is 0.498. The third-order valence-corrected chi connectivity index (χ3v) is 6.43. The summed E-state index contributed by atoms with van der Waals surface area (Å²) in [6.45, 7) is 1.13. The van der Waals surface area contributed by atoms with Gasteiger partial charge in [0.1, 0.15) is 11.6 Å². The first kappa shape index (κ1) is 20.6. The molecule has 1 saturated heterocycles. The van der Waals surface area contributed by atoms with Crippen molar-refractivity contribution in [2.24, 2.45) is 5.92 Å². The van der Waals surface area contributed by atoms with E-state index < -0.39 is 0 Å². The Hall–Kier alpha value is -2.69. The third kappa shape index (κ3) is 4.40. The second-order valence-corrected chi connectivity index (χ2v) is 8.36. The number of benzene rings is 1. The summed E-state index contributed by atoms with van der Waals surface area (Å²) in [4.78, 5) is 15.2. The molecular formula is C23H29N5O2. The number of aliphatic hydroxyl groups is 1. The Morgan fingerprint density at radius 1 is 1.17 bits per heavy atom. The molecule has 158 valence electrons. The number of hydrogen-bond donors (Lipinski definition) is 2. The zero-order chi connectivity index (χ0) is 20.9. The molecule has 0 bridgehead atoms. The van der Waals surface area contributed by atoms with Crippen LogP contribution in [0, 0.1) is 17.2 Å². The van der Waals surface area contributed by atoms with Crippen LogP contribution < -0.4 is 5.32 Å². The van der Waals surface area contributed by atoms with E-state index in [9.17, 15) is 15.2 Å². The van der Waals surface area contributed by atoms with Crippen LogP contribution in [0.15, 0.2) is 36.5 Å². The molecule has 7 nitrogen and oxygen atoms in total. The number of carbonyl (C=O) groups excluding carboxylic acids is 1. The van der Waals surface area contributed by atoms with Gasteiger partial charge in [0, 0.05) is 12.0 Å². The number of amides is 1. The van der Waals surface area contributed by atoms with Crippen LogP contribution in [-0.2, 0) is 4.79 Å². The van der Waals surface area contributed by atoms with Gasteiger partial charge < -0.3 is 10.4 Å². The first-order valence-corrected chi connectivity index (χ1v) is 10.9. The zero-order valence-electron chi connectivity index (χ0n) is 17.2. The highest BCUT2D eigenvalue weighted by Crippen LogP contribution is 2.34. The predicted octanol–water partition coefficient (Wildman–Crippen LogP) is 3.09. The Kier molecular flexibility index (Phi) is 6.46. The minimum Gasteiger partial charge on any atom is -0.393 e. The van der Waals surface area contributed by atoms with Gasteiger partial charge in [0.05, 0.1) is 24.5 Å². The van der Waals surface area contributed by atoms with Gasteiger partial charge in [0.25, 0.3) is 0 Å². The molecule has 1 aliphatic heterocycles. The molecule has 0 radical (unpaired) electrons. The van der Waals surface area contributed by atoms with Gasteiger partial charge in [-0.15, -0.1) is 0 Å². The summed E-state index contributed by atoms with van der Waals surface area (Å²) < 4.78 is 1.59. The van der Waals surface area contributed by atoms with Gasteiger partial charge in [-0.3, -0.25) is 9.69 Å². The van der Waals surface area contributed by atoms with Crippen molar-refractivity contribution in [2.75, 3.05) is 18.4 Å². The molecule has 7 heteroatoms. The second-order valence-electron chi connectivity index (χ2n) is 8.36. The lowest BCUT2D eigenvalue weighted by Crippen LogP contribution is -2.51. The fourth-order valence-corrected chi connectivity index (χ4v) is 4.96. The number of aliphatic hydroxyl groups excluding tert-OH is 1. The number of nitrogens with one attached hydrogen (secondary N) is 1. The van der Waals surface area contributed by atoms with E-state index in [2.05, 4.69) is 21.4 Å². The van der Waals surface area contributed by atoms with E-state index in [4.69, 9.17) is 0 Å². The number of hydrogen-bond acceptors (Lipinski definition) is 5. The molecule has 4 rings (SSSR count). The number of para-hydroxylation sites is 1. The van der Waals surface area contributed by atoms with Crippen molar-refractivity contribution in [3.05, 3.63) is 42.1 Å². The van der Waals surface area contributed by atoms with Crippen LogP contribution in [0.1, 0.15) is 50.5 Å². The number of likely N-dealkylation sites (tertiary alicyclic amines) is 1. The van der Waals surface area contributed by atoms with Gasteiger partial charge in [-0.25, -0.2) is 4.68 Å². The van der Waals surface area contributed by atoms with Crippen LogP contribution in [-0.4, -0.2) is 50.9 Å². The Labute approximate surface area is 177 Å². The number of aromatic nitrogens is 2. The molecule has 2 aliphatic rings. The minimum absolute atomic E-state index is 0.151. The number of anilines is 1. The van der Waals surface area contributed by atoms with Crippen molar-refractivity contribution in [1.29, 1.82) is 5.26 Å². The van der Waals surface area contributed by atoms with E-state index in [-0.39, 0.29) is 30.5 Å². The van der Waals surface area contributed by atoms with Gasteiger partial charge in [-0.05, 0) is 44.4 Å². The number of nitriles is 1. The van der Waals surface area contributed by atoms with Crippen molar-refractivity contribution < 1.29 is 9.90 Å². The van der Waals surface area contributed by atoms with Gasteiger partial charge in [-0.1, -0.05) is 37.5 Å². The summed E-state index contributed by atoms with van der Waals surface area (Å²) in [5, 5.41) is 27.2. The molecule has 1 aromatic carbocycles. The Morgan fingerprint density at radius 3 is 2.70 bits per heavy atom. The van der Waals surface area contributed by atoms with Crippen molar-refractivity contribution in [3.8, 4) is 11.8 Å². The molecule has 2 heterocycles. The lowest BCUT2D eigenvalue weighted by Gasteiger charge is -2.43. The average molecular weight is 408 g/mol. The Bertz CT molecular complexity index is 904. The maximum atomic E-state index is 13.0. The van der Waals surface area contributed by atoms with Crippen molar-refractivity contribution in [3.63, 3.8) is 0 Å². The summed E-state index contributed by atoms with van der Waals surface area (Å²) in [6.07, 6.45) is 8.59. The lowest BCUT2D eigenvalue weighted by atomic mass is 9.78. The van der Waals surface area contributed by atoms with E-state index in [1.165, 1.54) is 6.20 Å². The summed E-state index contributed by atoms with van der Waals surface area (Å²) in [6, 6.07) is 11.8. The first-order chi connectivity index (χ1) is 14.7. The van der Waals surface area contributed by atoms with E-state index in [1.54, 1.807) is 4.68 Å². The normalized spacial score (nSPS) is 24.9. The highest BCUT2D eigenvalue weighted by Gasteiger charge is 2.36. The topological polar surface area (TPSA) is 94.2 Å². The van der Waals surface area contributed by atoms with Crippen LogP contribution in [0.2, 0.25) is 0 Å². The smallest absolute Gasteiger partial charge is 0.239 e. The number of carbonyl (C=O) groups is 1. The lowest BCUT2D eigenvalue weighted by molar-refractivity contribution is -0.119. The molecule has 30 heavy (non-hydrogen) atoms. The molecule has 2 aromatic rings. The molecular weight excluding hydrogens is 378 g/mol. The molecule has 2 fully saturated rings. The minimum atomic E-state index is -0.267. The van der Waals surface area contributed by atoms with Gasteiger partial charge in [0.2, 0.25) is 5.91 Å². The monoisotopic (exact) mass is 407 g/mol. The number of rotatable bonds is 5. The zero-order valence-corrected chi connectivity index (χ0v) is 17.2. The van der Waals surface area contributed by atoms with E-state index in [0.717, 1.165) is 57.2 Å². The molecule has 0 unspecified atom stereocenters. The van der Waals surface area contributed by atoms with E-state index in [1.807, 2.05) is 30.3 Å². The van der Waals surface area contributed by atoms with Crippen LogP contribution in [0.25, 0.3) is 5.69 Å². The van der Waals surface area contributed by atoms with E-state index >= 15 is 0 Å². The van der Waals surface area contributed by atoms with Crippen LogP contribution in [0.4, 0.5) is 5.82 Å². The quantitative estimate of drug-likeness (QED) is 0.794. The van der Waals surface area contributed by atoms with Crippen LogP contribution >= 0.6 is 0 Å². The fraction of sp³-hybridized carbons (Fsp3) is 0.522. The van der Waals surface area contributed by atoms with Gasteiger partial charge in [0.15, 0.2) is 5.82 Å². The Balaban J connectivity index is 1.49. The molecule has 1 aromatic heterocycles. The fourth-order valence-electron chi connectivity index (χ4n) is 4.96. The average Bonchev–Trinajstić information content (AvgIpc) is 3.17. The van der Waals surface area contributed by atoms with Crippen molar-refractivity contribution in [2.45, 2.75) is 57.1 Å². The van der Waals surface area contributed by atoms with Crippen LogP contribution in [0.3, 0.4) is 0 Å². The molecule has 1 amide bonds. The Morgan fingerprint density at radius 2 is 1.93 bits per heavy atom. The molecule has 0 spiro atoms. The molecule has 1 aliphatic carbocycles. The van der Waals surface area contributed by atoms with Crippen molar-refractivity contribution >= 4 is 11.7 Å². The largest absolute Gasteiger partial charge is 0.393 e. The number of piperidine rings is 1. The maximum absolute atomic E-state index is 13.0. The molecule has 2 N–H and O–H groups in total.